The Morgan fingerprint density at radius 2 is 2.00 bits per heavy atom. The van der Waals surface area contributed by atoms with Gasteiger partial charge in [0.2, 0.25) is 0 Å². The van der Waals surface area contributed by atoms with Gasteiger partial charge in [-0.05, 0) is 25.2 Å². The second kappa shape index (κ2) is 5.52. The molecular formula is C17H26N2O3. The molecule has 0 amide bonds. The van der Waals surface area contributed by atoms with Gasteiger partial charge in [-0.1, -0.05) is 51.4 Å². The van der Waals surface area contributed by atoms with Crippen LogP contribution in [0.25, 0.3) is 0 Å². The van der Waals surface area contributed by atoms with Crippen LogP contribution < -0.4 is 0 Å². The Labute approximate surface area is 132 Å². The first kappa shape index (κ1) is 16.7. The first-order valence-electron chi connectivity index (χ1n) is 7.68. The van der Waals surface area contributed by atoms with Gasteiger partial charge in [-0.3, -0.25) is 4.79 Å². The number of esters is 1. The summed E-state index contributed by atoms with van der Waals surface area (Å²) >= 11 is 0. The first-order valence-corrected chi connectivity index (χ1v) is 7.68. The molecule has 0 radical (unpaired) electrons. The molecule has 1 aliphatic rings. The SMILES string of the molecule is CC(C)=C[C@H]1[C@@H](C(=O)OCc2nc(C(C)(C)C)no2)C1(C)C. The summed E-state index contributed by atoms with van der Waals surface area (Å²) < 4.78 is 10.5. The van der Waals surface area contributed by atoms with Gasteiger partial charge in [0.05, 0.1) is 5.92 Å². The Balaban J connectivity index is 1.94. The van der Waals surface area contributed by atoms with Crippen molar-refractivity contribution in [3.8, 4) is 0 Å². The monoisotopic (exact) mass is 306 g/mol. The Morgan fingerprint density at radius 3 is 2.50 bits per heavy atom. The van der Waals surface area contributed by atoms with Crippen LogP contribution in [0.15, 0.2) is 16.2 Å². The van der Waals surface area contributed by atoms with E-state index in [4.69, 9.17) is 9.26 Å². The van der Waals surface area contributed by atoms with Crippen molar-refractivity contribution in [1.29, 1.82) is 0 Å². The quantitative estimate of drug-likeness (QED) is 0.627. The van der Waals surface area contributed by atoms with Crippen LogP contribution in [0.2, 0.25) is 0 Å². The molecule has 0 bridgehead atoms. The molecular weight excluding hydrogens is 280 g/mol. The first-order chi connectivity index (χ1) is 10.0. The fraction of sp³-hybridized carbons (Fsp3) is 0.706. The number of carbonyl (C=O) groups is 1. The van der Waals surface area contributed by atoms with Crippen LogP contribution in [0.1, 0.15) is 60.2 Å². The van der Waals surface area contributed by atoms with Crippen LogP contribution >= 0.6 is 0 Å². The maximum atomic E-state index is 12.2. The zero-order valence-corrected chi connectivity index (χ0v) is 14.6. The maximum absolute atomic E-state index is 12.2. The third-order valence-corrected chi connectivity index (χ3v) is 4.15. The fourth-order valence-electron chi connectivity index (χ4n) is 2.64. The number of allylic oxidation sites excluding steroid dienone is 2. The van der Waals surface area contributed by atoms with Crippen molar-refractivity contribution in [3.63, 3.8) is 0 Å². The summed E-state index contributed by atoms with van der Waals surface area (Å²) in [4.78, 5) is 16.5. The Bertz CT molecular complexity index is 589. The number of carbonyl (C=O) groups excluding carboxylic acids is 1. The van der Waals surface area contributed by atoms with Gasteiger partial charge in [0, 0.05) is 5.41 Å². The minimum absolute atomic E-state index is 0.0377. The largest absolute Gasteiger partial charge is 0.455 e. The van der Waals surface area contributed by atoms with Crippen LogP contribution in [-0.2, 0) is 21.6 Å². The molecule has 1 saturated carbocycles. The summed E-state index contributed by atoms with van der Waals surface area (Å²) in [6, 6.07) is 0. The van der Waals surface area contributed by atoms with Crippen molar-refractivity contribution in [3.05, 3.63) is 23.4 Å². The molecule has 5 heteroatoms. The molecule has 1 heterocycles. The second-order valence-corrected chi connectivity index (χ2v) is 7.94. The van der Waals surface area contributed by atoms with Gasteiger partial charge in [0.25, 0.3) is 5.89 Å². The van der Waals surface area contributed by atoms with Gasteiger partial charge < -0.3 is 9.26 Å². The average molecular weight is 306 g/mol. The summed E-state index contributed by atoms with van der Waals surface area (Å²) in [6.45, 7) is 14.3. The van der Waals surface area contributed by atoms with E-state index in [0.717, 1.165) is 0 Å². The molecule has 0 spiro atoms. The lowest BCUT2D eigenvalue weighted by atomic mass is 9.96. The Morgan fingerprint density at radius 1 is 1.36 bits per heavy atom. The minimum Gasteiger partial charge on any atom is -0.455 e. The molecule has 1 fully saturated rings. The molecule has 0 unspecified atom stereocenters. The van der Waals surface area contributed by atoms with Gasteiger partial charge in [0.15, 0.2) is 12.4 Å². The minimum atomic E-state index is -0.192. The van der Waals surface area contributed by atoms with E-state index in [1.165, 1.54) is 5.57 Å². The van der Waals surface area contributed by atoms with E-state index in [9.17, 15) is 4.79 Å². The Kier molecular flexibility index (Phi) is 4.20. The van der Waals surface area contributed by atoms with E-state index in [1.807, 2.05) is 34.6 Å². The van der Waals surface area contributed by atoms with Crippen LogP contribution in [-0.4, -0.2) is 16.1 Å². The molecule has 1 aromatic heterocycles. The summed E-state index contributed by atoms with van der Waals surface area (Å²) in [6.07, 6.45) is 2.15. The highest BCUT2D eigenvalue weighted by molar-refractivity contribution is 5.78. The predicted molar refractivity (Wildman–Crippen MR) is 83.0 cm³/mol. The van der Waals surface area contributed by atoms with Crippen LogP contribution in [0.4, 0.5) is 0 Å². The van der Waals surface area contributed by atoms with E-state index < -0.39 is 0 Å². The summed E-state index contributed by atoms with van der Waals surface area (Å²) in [5.74, 6) is 0.927. The topological polar surface area (TPSA) is 65.2 Å². The molecule has 1 aliphatic carbocycles. The third-order valence-electron chi connectivity index (χ3n) is 4.15. The lowest BCUT2D eigenvalue weighted by Gasteiger charge is -2.10. The number of aromatic nitrogens is 2. The molecule has 2 atom stereocenters. The molecule has 2 rings (SSSR count). The summed E-state index contributed by atoms with van der Waals surface area (Å²) in [5.41, 5.74) is 0.999. The molecule has 0 aliphatic heterocycles. The average Bonchev–Trinajstić information content (AvgIpc) is 2.77. The van der Waals surface area contributed by atoms with Crippen molar-refractivity contribution in [2.24, 2.45) is 17.3 Å². The van der Waals surface area contributed by atoms with Crippen molar-refractivity contribution >= 4 is 5.97 Å². The Hall–Kier alpha value is -1.65. The van der Waals surface area contributed by atoms with Crippen molar-refractivity contribution in [2.45, 2.75) is 60.5 Å². The number of rotatable bonds is 4. The molecule has 5 nitrogen and oxygen atoms in total. The van der Waals surface area contributed by atoms with E-state index >= 15 is 0 Å². The number of hydrogen-bond acceptors (Lipinski definition) is 5. The second-order valence-electron chi connectivity index (χ2n) is 7.94. The fourth-order valence-corrected chi connectivity index (χ4v) is 2.64. The summed E-state index contributed by atoms with van der Waals surface area (Å²) in [5, 5.41) is 3.92. The lowest BCUT2D eigenvalue weighted by molar-refractivity contribution is -0.148. The number of ether oxygens (including phenoxy) is 1. The smallest absolute Gasteiger partial charge is 0.310 e. The van der Waals surface area contributed by atoms with Gasteiger partial charge >= 0.3 is 5.97 Å². The normalized spacial score (nSPS) is 23.0. The molecule has 1 aromatic rings. The van der Waals surface area contributed by atoms with Crippen molar-refractivity contribution in [2.75, 3.05) is 0 Å². The lowest BCUT2D eigenvalue weighted by Crippen LogP contribution is -2.14. The number of nitrogens with zero attached hydrogens (tertiary/aromatic N) is 2. The van der Waals surface area contributed by atoms with Gasteiger partial charge in [0.1, 0.15) is 0 Å². The zero-order valence-electron chi connectivity index (χ0n) is 14.6. The molecule has 0 saturated heterocycles. The van der Waals surface area contributed by atoms with Crippen molar-refractivity contribution in [1.82, 2.24) is 10.1 Å². The number of hydrogen-bond donors (Lipinski definition) is 0. The van der Waals surface area contributed by atoms with Crippen LogP contribution in [0.5, 0.6) is 0 Å². The molecule has 0 aromatic carbocycles. The summed E-state index contributed by atoms with van der Waals surface area (Å²) in [7, 11) is 0. The molecule has 122 valence electrons. The maximum Gasteiger partial charge on any atom is 0.310 e. The predicted octanol–water partition coefficient (Wildman–Crippen LogP) is 3.65. The van der Waals surface area contributed by atoms with Crippen LogP contribution in [0.3, 0.4) is 0 Å². The van der Waals surface area contributed by atoms with E-state index in [0.29, 0.717) is 11.7 Å². The van der Waals surface area contributed by atoms with Gasteiger partial charge in [-0.25, -0.2) is 0 Å². The highest BCUT2D eigenvalue weighted by Gasteiger charge is 2.61. The van der Waals surface area contributed by atoms with E-state index in [2.05, 4.69) is 30.1 Å². The highest BCUT2D eigenvalue weighted by atomic mass is 16.6. The van der Waals surface area contributed by atoms with Gasteiger partial charge in [-0.2, -0.15) is 4.98 Å². The van der Waals surface area contributed by atoms with E-state index in [-0.39, 0.29) is 35.2 Å². The van der Waals surface area contributed by atoms with Crippen molar-refractivity contribution < 1.29 is 14.1 Å². The molecule has 22 heavy (non-hydrogen) atoms. The molecule has 0 N–H and O–H groups in total. The zero-order chi connectivity index (χ0) is 16.7. The standard InChI is InChI=1S/C17H26N2O3/c1-10(2)8-11-13(17(11,6)7)14(20)21-9-12-18-15(19-22-12)16(3,4)5/h8,11,13H,9H2,1-7H3/t11-,13-/m0/s1. The van der Waals surface area contributed by atoms with E-state index in [1.54, 1.807) is 0 Å². The van der Waals surface area contributed by atoms with Crippen LogP contribution in [0, 0.1) is 17.3 Å². The highest BCUT2D eigenvalue weighted by Crippen LogP contribution is 2.59. The van der Waals surface area contributed by atoms with Gasteiger partial charge in [-0.15, -0.1) is 0 Å². The third kappa shape index (κ3) is 3.39.